The van der Waals surface area contributed by atoms with Gasteiger partial charge in [-0.15, -0.1) is 0 Å². The van der Waals surface area contributed by atoms with Crippen LogP contribution < -0.4 is 0 Å². The van der Waals surface area contributed by atoms with Crippen LogP contribution in [0.1, 0.15) is 6.42 Å². The van der Waals surface area contributed by atoms with Gasteiger partial charge in [-0.25, -0.2) is 9.59 Å². The predicted octanol–water partition coefficient (Wildman–Crippen LogP) is 0.835. The summed E-state index contributed by atoms with van der Waals surface area (Å²) in [6.07, 6.45) is 2.85. The molecule has 0 fully saturated rings. The van der Waals surface area contributed by atoms with Gasteiger partial charge in [0, 0.05) is 11.6 Å². The maximum absolute atomic E-state index is 10.4. The highest BCUT2D eigenvalue weighted by Crippen LogP contribution is 2.06. The molecular weight excluding hydrogens is 180 g/mol. The fourth-order valence-electron chi connectivity index (χ4n) is 0.602. The van der Waals surface area contributed by atoms with Crippen molar-refractivity contribution < 1.29 is 19.8 Å². The van der Waals surface area contributed by atoms with E-state index < -0.39 is 11.9 Å². The average molecular weight is 190 g/mol. The number of thioether (sulfide) groups is 1. The van der Waals surface area contributed by atoms with Gasteiger partial charge in [0.1, 0.15) is 0 Å². The second-order valence-corrected chi connectivity index (χ2v) is 3.04. The Morgan fingerprint density at radius 3 is 2.33 bits per heavy atom. The molecular formula is C7H10O4S. The number of hydrogen-bond donors (Lipinski definition) is 2. The summed E-state index contributed by atoms with van der Waals surface area (Å²) in [5, 5.41) is 16.8. The van der Waals surface area contributed by atoms with Gasteiger partial charge in [0.2, 0.25) is 0 Å². The highest BCUT2D eigenvalue weighted by atomic mass is 32.2. The lowest BCUT2D eigenvalue weighted by atomic mass is 10.2. The quantitative estimate of drug-likeness (QED) is 0.628. The Kier molecular flexibility index (Phi) is 5.19. The van der Waals surface area contributed by atoms with Crippen molar-refractivity contribution >= 4 is 23.7 Å². The zero-order chi connectivity index (χ0) is 9.56. The van der Waals surface area contributed by atoms with Gasteiger partial charge in [-0.1, -0.05) is 0 Å². The van der Waals surface area contributed by atoms with Crippen molar-refractivity contribution in [1.29, 1.82) is 0 Å². The minimum atomic E-state index is -1.21. The molecule has 0 aliphatic rings. The van der Waals surface area contributed by atoms with Crippen molar-refractivity contribution in [3.63, 3.8) is 0 Å². The first-order chi connectivity index (χ1) is 5.57. The molecule has 0 radical (unpaired) electrons. The normalized spacial score (nSPS) is 11.2. The van der Waals surface area contributed by atoms with Crippen molar-refractivity contribution in [3.05, 3.63) is 11.6 Å². The topological polar surface area (TPSA) is 74.6 Å². The molecule has 0 saturated heterocycles. The van der Waals surface area contributed by atoms with E-state index in [1.165, 1.54) is 11.8 Å². The summed E-state index contributed by atoms with van der Waals surface area (Å²) in [5.74, 6) is -1.76. The van der Waals surface area contributed by atoms with Crippen LogP contribution in [0, 0.1) is 0 Å². The molecule has 0 heterocycles. The highest BCUT2D eigenvalue weighted by molar-refractivity contribution is 7.98. The molecule has 0 unspecified atom stereocenters. The van der Waals surface area contributed by atoms with Crippen molar-refractivity contribution in [2.75, 3.05) is 12.0 Å². The lowest BCUT2D eigenvalue weighted by Gasteiger charge is -1.97. The standard InChI is InChI=1S/C7H10O4S/c1-12-3-2-5(7(10)11)4-6(8)9/h4H,2-3H2,1H3,(H,8,9)(H,10,11)/b5-4-. The molecule has 68 valence electrons. The molecule has 0 amide bonds. The first-order valence-corrected chi connectivity index (χ1v) is 4.63. The third-order valence-electron chi connectivity index (χ3n) is 1.15. The third kappa shape index (κ3) is 4.79. The summed E-state index contributed by atoms with van der Waals surface area (Å²) in [6, 6.07) is 0. The van der Waals surface area contributed by atoms with E-state index in [2.05, 4.69) is 0 Å². The molecule has 4 nitrogen and oxygen atoms in total. The lowest BCUT2D eigenvalue weighted by Crippen LogP contribution is -2.04. The number of carbonyl (C=O) groups is 2. The molecule has 0 aliphatic carbocycles. The molecule has 0 bridgehead atoms. The van der Waals surface area contributed by atoms with E-state index in [4.69, 9.17) is 10.2 Å². The van der Waals surface area contributed by atoms with E-state index in [-0.39, 0.29) is 12.0 Å². The van der Waals surface area contributed by atoms with Crippen LogP contribution in [0.5, 0.6) is 0 Å². The number of carboxylic acid groups (broad SMARTS) is 2. The van der Waals surface area contributed by atoms with Gasteiger partial charge in [-0.05, 0) is 18.4 Å². The van der Waals surface area contributed by atoms with Gasteiger partial charge < -0.3 is 10.2 Å². The molecule has 0 aromatic rings. The second kappa shape index (κ2) is 5.65. The van der Waals surface area contributed by atoms with E-state index in [1.54, 1.807) is 0 Å². The Balaban J connectivity index is 4.23. The molecule has 0 aromatic carbocycles. The number of rotatable bonds is 5. The molecule has 0 atom stereocenters. The van der Waals surface area contributed by atoms with Crippen LogP contribution >= 0.6 is 11.8 Å². The molecule has 0 spiro atoms. The zero-order valence-electron chi connectivity index (χ0n) is 6.61. The van der Waals surface area contributed by atoms with Crippen LogP contribution in [-0.4, -0.2) is 34.2 Å². The minimum Gasteiger partial charge on any atom is -0.478 e. The summed E-state index contributed by atoms with van der Waals surface area (Å²) < 4.78 is 0. The van der Waals surface area contributed by atoms with Crippen LogP contribution in [0.25, 0.3) is 0 Å². The SMILES string of the molecule is CSCC/C(=C/C(=O)O)C(=O)O. The van der Waals surface area contributed by atoms with Crippen LogP contribution in [0.2, 0.25) is 0 Å². The summed E-state index contributed by atoms with van der Waals surface area (Å²) >= 11 is 1.48. The Hall–Kier alpha value is -0.970. The highest BCUT2D eigenvalue weighted by Gasteiger charge is 2.08. The number of aliphatic carboxylic acids is 2. The average Bonchev–Trinajstić information content (AvgIpc) is 1.96. The summed E-state index contributed by atoms with van der Waals surface area (Å²) in [5.41, 5.74) is -0.0585. The Bertz CT molecular complexity index is 209. The lowest BCUT2D eigenvalue weighted by molar-refractivity contribution is -0.135. The van der Waals surface area contributed by atoms with Crippen LogP contribution in [-0.2, 0) is 9.59 Å². The molecule has 12 heavy (non-hydrogen) atoms. The van der Waals surface area contributed by atoms with Gasteiger partial charge in [0.25, 0.3) is 0 Å². The maximum Gasteiger partial charge on any atom is 0.331 e. The summed E-state index contributed by atoms with van der Waals surface area (Å²) in [7, 11) is 0. The molecule has 0 saturated carbocycles. The smallest absolute Gasteiger partial charge is 0.331 e. The van der Waals surface area contributed by atoms with Crippen LogP contribution in [0.15, 0.2) is 11.6 Å². The largest absolute Gasteiger partial charge is 0.478 e. The molecule has 0 aromatic heterocycles. The Morgan fingerprint density at radius 2 is 2.00 bits per heavy atom. The molecule has 2 N–H and O–H groups in total. The summed E-state index contributed by atoms with van der Waals surface area (Å²) in [4.78, 5) is 20.5. The van der Waals surface area contributed by atoms with Gasteiger partial charge >= 0.3 is 11.9 Å². The zero-order valence-corrected chi connectivity index (χ0v) is 7.43. The fourth-order valence-corrected chi connectivity index (χ4v) is 1.03. The Morgan fingerprint density at radius 1 is 1.42 bits per heavy atom. The van der Waals surface area contributed by atoms with Gasteiger partial charge in [0.05, 0.1) is 0 Å². The number of hydrogen-bond acceptors (Lipinski definition) is 3. The van der Waals surface area contributed by atoms with E-state index in [0.717, 1.165) is 6.08 Å². The van der Waals surface area contributed by atoms with Crippen molar-refractivity contribution in [2.45, 2.75) is 6.42 Å². The van der Waals surface area contributed by atoms with Gasteiger partial charge in [-0.3, -0.25) is 0 Å². The summed E-state index contributed by atoms with van der Waals surface area (Å²) in [6.45, 7) is 0. The van der Waals surface area contributed by atoms with Crippen LogP contribution in [0.3, 0.4) is 0 Å². The van der Waals surface area contributed by atoms with Crippen molar-refractivity contribution in [3.8, 4) is 0 Å². The third-order valence-corrected chi connectivity index (χ3v) is 1.76. The fraction of sp³-hybridized carbons (Fsp3) is 0.429. The maximum atomic E-state index is 10.4. The molecule has 0 rings (SSSR count). The van der Waals surface area contributed by atoms with Crippen LogP contribution in [0.4, 0.5) is 0 Å². The van der Waals surface area contributed by atoms with Gasteiger partial charge in [0.15, 0.2) is 0 Å². The van der Waals surface area contributed by atoms with E-state index >= 15 is 0 Å². The van der Waals surface area contributed by atoms with Crippen molar-refractivity contribution in [2.24, 2.45) is 0 Å². The van der Waals surface area contributed by atoms with Gasteiger partial charge in [-0.2, -0.15) is 11.8 Å². The number of carboxylic acids is 2. The Labute approximate surface area is 74.3 Å². The second-order valence-electron chi connectivity index (χ2n) is 2.06. The monoisotopic (exact) mass is 190 g/mol. The predicted molar refractivity (Wildman–Crippen MR) is 46.4 cm³/mol. The van der Waals surface area contributed by atoms with E-state index in [0.29, 0.717) is 5.75 Å². The van der Waals surface area contributed by atoms with E-state index in [1.807, 2.05) is 6.26 Å². The molecule has 0 aliphatic heterocycles. The van der Waals surface area contributed by atoms with E-state index in [9.17, 15) is 9.59 Å². The first kappa shape index (κ1) is 11.0. The first-order valence-electron chi connectivity index (χ1n) is 3.23. The molecule has 5 heteroatoms. The minimum absolute atomic E-state index is 0.0585. The van der Waals surface area contributed by atoms with Crippen molar-refractivity contribution in [1.82, 2.24) is 0 Å².